The lowest BCUT2D eigenvalue weighted by Crippen LogP contribution is -2.35. The van der Waals surface area contributed by atoms with Crippen molar-refractivity contribution in [3.8, 4) is 5.88 Å². The lowest BCUT2D eigenvalue weighted by Gasteiger charge is -2.22. The topological polar surface area (TPSA) is 53.9 Å². The first-order valence-electron chi connectivity index (χ1n) is 6.14. The van der Waals surface area contributed by atoms with Crippen molar-refractivity contribution in [3.05, 3.63) is 12.3 Å². The summed E-state index contributed by atoms with van der Waals surface area (Å²) in [6.07, 6.45) is 1.67. The van der Waals surface area contributed by atoms with E-state index in [2.05, 4.69) is 34.6 Å². The van der Waals surface area contributed by atoms with Crippen LogP contribution < -0.4 is 4.43 Å². The largest absolute Gasteiger partial charge is 0.531 e. The van der Waals surface area contributed by atoms with Gasteiger partial charge in [-0.25, -0.2) is 4.98 Å². The molecule has 0 unspecified atom stereocenters. The molecular weight excluding hydrogens is 258 g/mol. The average Bonchev–Trinajstić information content (AvgIpc) is 2.23. The third-order valence-electron chi connectivity index (χ3n) is 2.03. The molecule has 6 nitrogen and oxygen atoms in total. The lowest BCUT2D eigenvalue weighted by molar-refractivity contribution is 0.483. The van der Waals surface area contributed by atoms with Crippen LogP contribution in [0.2, 0.25) is 19.6 Å². The van der Waals surface area contributed by atoms with E-state index in [9.17, 15) is 0 Å². The fraction of sp³-hybridized carbons (Fsp3) is 0.583. The van der Waals surface area contributed by atoms with E-state index >= 15 is 0 Å². The number of hydrogen-bond donors (Lipinski definition) is 0. The van der Waals surface area contributed by atoms with Crippen LogP contribution in [0.1, 0.15) is 0 Å². The van der Waals surface area contributed by atoms with Crippen LogP contribution in [-0.2, 0) is 0 Å². The Morgan fingerprint density at radius 3 is 2.21 bits per heavy atom. The van der Waals surface area contributed by atoms with Gasteiger partial charge in [0.1, 0.15) is 0 Å². The maximum absolute atomic E-state index is 5.84. The van der Waals surface area contributed by atoms with Crippen molar-refractivity contribution in [2.24, 2.45) is 4.99 Å². The molecule has 0 bridgehead atoms. The molecule has 0 atom stereocenters. The first-order chi connectivity index (χ1) is 8.69. The number of nitrogens with zero attached hydrogens (tertiary/aromatic N) is 5. The Bertz CT molecular complexity index is 444. The number of aromatic nitrogens is 2. The molecule has 0 N–H and O–H groups in total. The summed E-state index contributed by atoms with van der Waals surface area (Å²) in [6.45, 7) is 6.34. The van der Waals surface area contributed by atoms with E-state index in [1.54, 1.807) is 12.3 Å². The zero-order chi connectivity index (χ0) is 14.6. The van der Waals surface area contributed by atoms with E-state index in [1.165, 1.54) is 0 Å². The molecule has 0 spiro atoms. The molecule has 0 aromatic carbocycles. The van der Waals surface area contributed by atoms with Crippen molar-refractivity contribution < 1.29 is 4.43 Å². The fourth-order valence-corrected chi connectivity index (χ4v) is 2.19. The number of rotatable bonds is 3. The van der Waals surface area contributed by atoms with Gasteiger partial charge >= 0.3 is 0 Å². The quantitative estimate of drug-likeness (QED) is 0.480. The predicted molar refractivity (Wildman–Crippen MR) is 80.5 cm³/mol. The summed E-state index contributed by atoms with van der Waals surface area (Å²) in [5, 5.41) is 0. The van der Waals surface area contributed by atoms with Crippen LogP contribution in [0.3, 0.4) is 0 Å². The van der Waals surface area contributed by atoms with Crippen molar-refractivity contribution in [2.75, 3.05) is 28.2 Å². The molecule has 106 valence electrons. The lowest BCUT2D eigenvalue weighted by atomic mass is 10.6. The van der Waals surface area contributed by atoms with Crippen LogP contribution in [0.4, 0.5) is 5.95 Å². The second kappa shape index (κ2) is 6.01. The highest BCUT2D eigenvalue weighted by Crippen LogP contribution is 2.15. The molecule has 0 fully saturated rings. The minimum atomic E-state index is -1.66. The van der Waals surface area contributed by atoms with Crippen molar-refractivity contribution in [1.82, 2.24) is 19.8 Å². The summed E-state index contributed by atoms with van der Waals surface area (Å²) in [6, 6.07) is 1.77. The third kappa shape index (κ3) is 5.25. The van der Waals surface area contributed by atoms with Crippen molar-refractivity contribution >= 4 is 20.2 Å². The first kappa shape index (κ1) is 15.4. The summed E-state index contributed by atoms with van der Waals surface area (Å²) < 4.78 is 5.84. The predicted octanol–water partition coefficient (Wildman–Crippen LogP) is 1.80. The first-order valence-corrected chi connectivity index (χ1v) is 9.55. The Balaban J connectivity index is 3.02. The maximum Gasteiger partial charge on any atom is 0.255 e. The van der Waals surface area contributed by atoms with Gasteiger partial charge in [-0.15, -0.1) is 0 Å². The third-order valence-corrected chi connectivity index (χ3v) is 2.85. The van der Waals surface area contributed by atoms with Crippen LogP contribution in [0, 0.1) is 0 Å². The normalized spacial score (nSPS) is 10.9. The van der Waals surface area contributed by atoms with Gasteiger partial charge in [-0.3, -0.25) is 0 Å². The van der Waals surface area contributed by atoms with E-state index in [1.807, 2.05) is 38.0 Å². The van der Waals surface area contributed by atoms with Crippen LogP contribution in [0.25, 0.3) is 0 Å². The van der Waals surface area contributed by atoms with Crippen LogP contribution in [-0.4, -0.2) is 62.2 Å². The minimum absolute atomic E-state index is 0.410. The Morgan fingerprint density at radius 2 is 1.74 bits per heavy atom. The number of guanidine groups is 1. The average molecular weight is 281 g/mol. The highest BCUT2D eigenvalue weighted by atomic mass is 28.4. The zero-order valence-electron chi connectivity index (χ0n) is 12.8. The van der Waals surface area contributed by atoms with E-state index in [0.717, 1.165) is 5.96 Å². The van der Waals surface area contributed by atoms with Crippen molar-refractivity contribution in [2.45, 2.75) is 19.6 Å². The van der Waals surface area contributed by atoms with E-state index < -0.39 is 8.32 Å². The smallest absolute Gasteiger partial charge is 0.255 e. The Hall–Kier alpha value is -1.63. The highest BCUT2D eigenvalue weighted by Gasteiger charge is 2.17. The number of hydrogen-bond acceptors (Lipinski definition) is 4. The molecule has 0 aliphatic carbocycles. The molecular formula is C12H23N5OSi. The van der Waals surface area contributed by atoms with Gasteiger partial charge < -0.3 is 14.2 Å². The van der Waals surface area contributed by atoms with Crippen LogP contribution >= 0.6 is 0 Å². The van der Waals surface area contributed by atoms with E-state index in [-0.39, 0.29) is 0 Å². The van der Waals surface area contributed by atoms with Crippen molar-refractivity contribution in [1.29, 1.82) is 0 Å². The van der Waals surface area contributed by atoms with Gasteiger partial charge in [0, 0.05) is 40.5 Å². The van der Waals surface area contributed by atoms with Crippen molar-refractivity contribution in [3.63, 3.8) is 0 Å². The zero-order valence-corrected chi connectivity index (χ0v) is 13.8. The van der Waals surface area contributed by atoms with Gasteiger partial charge in [-0.2, -0.15) is 9.98 Å². The molecule has 1 aromatic rings. The summed E-state index contributed by atoms with van der Waals surface area (Å²) >= 11 is 0. The van der Waals surface area contributed by atoms with Gasteiger partial charge in [0.05, 0.1) is 0 Å². The summed E-state index contributed by atoms with van der Waals surface area (Å²) in [4.78, 5) is 16.7. The molecule has 0 amide bonds. The van der Waals surface area contributed by atoms with Gasteiger partial charge in [0.25, 0.3) is 5.95 Å². The van der Waals surface area contributed by atoms with Gasteiger partial charge in [-0.1, -0.05) is 0 Å². The second-order valence-electron chi connectivity index (χ2n) is 5.61. The van der Waals surface area contributed by atoms with E-state index in [4.69, 9.17) is 4.43 Å². The molecule has 0 aliphatic rings. The maximum atomic E-state index is 5.84. The van der Waals surface area contributed by atoms with Gasteiger partial charge in [0.15, 0.2) is 0 Å². The monoisotopic (exact) mass is 281 g/mol. The van der Waals surface area contributed by atoms with Crippen LogP contribution in [0.5, 0.6) is 5.88 Å². The Labute approximate surface area is 116 Å². The summed E-state index contributed by atoms with van der Waals surface area (Å²) in [7, 11) is 6.06. The second-order valence-corrected chi connectivity index (χ2v) is 10.0. The molecule has 1 aromatic heterocycles. The molecule has 0 saturated heterocycles. The SMILES string of the molecule is CN(C)C(=Nc1nccc(O[Si](C)(C)C)n1)N(C)C. The Kier molecular flexibility index (Phi) is 4.88. The molecule has 1 heterocycles. The molecule has 1 rings (SSSR count). The minimum Gasteiger partial charge on any atom is -0.531 e. The molecule has 19 heavy (non-hydrogen) atoms. The number of aliphatic imine (C=N–C) groups is 1. The van der Waals surface area contributed by atoms with Crippen LogP contribution in [0.15, 0.2) is 17.3 Å². The fourth-order valence-electron chi connectivity index (χ4n) is 1.45. The van der Waals surface area contributed by atoms with Gasteiger partial charge in [-0.05, 0) is 19.6 Å². The molecule has 0 saturated carbocycles. The summed E-state index contributed by atoms with van der Waals surface area (Å²) in [5.41, 5.74) is 0. The van der Waals surface area contributed by atoms with Gasteiger partial charge in [0.2, 0.25) is 20.2 Å². The highest BCUT2D eigenvalue weighted by molar-refractivity contribution is 6.70. The molecule has 0 radical (unpaired) electrons. The summed E-state index contributed by atoms with van der Waals surface area (Å²) in [5.74, 6) is 1.78. The Morgan fingerprint density at radius 1 is 1.16 bits per heavy atom. The standard InChI is InChI=1S/C12H23N5OSi/c1-16(2)12(17(3)4)15-11-13-9-8-10(14-11)18-19(5,6)7/h8-9H,1-7H3. The molecule has 7 heteroatoms. The van der Waals surface area contributed by atoms with E-state index in [0.29, 0.717) is 11.8 Å². The molecule has 0 aliphatic heterocycles.